The number of halogens is 5. The summed E-state index contributed by atoms with van der Waals surface area (Å²) in [5.74, 6) is -1.26. The molecule has 1 fully saturated rings. The highest BCUT2D eigenvalue weighted by Crippen LogP contribution is 2.42. The van der Waals surface area contributed by atoms with Gasteiger partial charge in [0.05, 0.1) is 10.6 Å². The van der Waals surface area contributed by atoms with Crippen molar-refractivity contribution in [2.45, 2.75) is 56.8 Å². The van der Waals surface area contributed by atoms with Crippen LogP contribution in [0.5, 0.6) is 0 Å². The molecule has 2 N–H and O–H groups in total. The average molecular weight is 588 g/mol. The van der Waals surface area contributed by atoms with E-state index in [-0.39, 0.29) is 36.0 Å². The van der Waals surface area contributed by atoms with Crippen molar-refractivity contribution in [1.82, 2.24) is 9.80 Å². The van der Waals surface area contributed by atoms with Crippen molar-refractivity contribution in [3.8, 4) is 0 Å². The SMILES string of the molecule is C[C@@H](CCCC1CCN(C(=O)[C@](O)(c2cccc(Cl)c2)C(F)(F)F)CC1)Nc1ccc(C(=O)N(C)C)c(Cl)c1. The minimum absolute atomic E-state index is 0.00458. The molecule has 2 aromatic rings. The van der Waals surface area contributed by atoms with Crippen LogP contribution < -0.4 is 5.32 Å². The molecule has 0 aromatic heterocycles. The van der Waals surface area contributed by atoms with E-state index in [1.54, 1.807) is 26.2 Å². The number of nitrogens with zero attached hydrogens (tertiary/aromatic N) is 2. The van der Waals surface area contributed by atoms with E-state index < -0.39 is 23.2 Å². The standard InChI is InChI=1S/C28H34Cl2F3N3O3/c1-18(34-22-10-11-23(24(30)17-22)25(37)35(2)3)6-4-7-19-12-14-36(15-13-19)26(38)27(39,28(31,32)33)20-8-5-9-21(29)16-20/h5,8-11,16-19,34,39H,4,6-7,12-15H2,1-3H3/t18-,27+/m0/s1. The van der Waals surface area contributed by atoms with Gasteiger partial charge in [-0.3, -0.25) is 9.59 Å². The third-order valence-electron chi connectivity index (χ3n) is 7.13. The Balaban J connectivity index is 1.49. The van der Waals surface area contributed by atoms with Gasteiger partial charge < -0.3 is 20.2 Å². The second-order valence-electron chi connectivity index (χ2n) is 10.3. The summed E-state index contributed by atoms with van der Waals surface area (Å²) in [5.41, 5.74) is -2.99. The van der Waals surface area contributed by atoms with Crippen LogP contribution in [0.3, 0.4) is 0 Å². The molecule has 2 aromatic carbocycles. The second kappa shape index (κ2) is 12.8. The van der Waals surface area contributed by atoms with Gasteiger partial charge in [-0.25, -0.2) is 0 Å². The summed E-state index contributed by atoms with van der Waals surface area (Å²) in [4.78, 5) is 27.7. The summed E-state index contributed by atoms with van der Waals surface area (Å²) >= 11 is 12.1. The van der Waals surface area contributed by atoms with E-state index in [4.69, 9.17) is 23.2 Å². The van der Waals surface area contributed by atoms with Gasteiger partial charge in [0.2, 0.25) is 0 Å². The molecule has 0 radical (unpaired) electrons. The predicted molar refractivity (Wildman–Crippen MR) is 147 cm³/mol. The fourth-order valence-corrected chi connectivity index (χ4v) is 5.32. The van der Waals surface area contributed by atoms with Crippen LogP contribution in [0.25, 0.3) is 0 Å². The summed E-state index contributed by atoms with van der Waals surface area (Å²) < 4.78 is 41.8. The molecule has 39 heavy (non-hydrogen) atoms. The van der Waals surface area contributed by atoms with Crippen molar-refractivity contribution in [2.24, 2.45) is 5.92 Å². The lowest BCUT2D eigenvalue weighted by molar-refractivity contribution is -0.262. The zero-order chi connectivity index (χ0) is 29.0. The van der Waals surface area contributed by atoms with Crippen molar-refractivity contribution in [2.75, 3.05) is 32.5 Å². The molecule has 214 valence electrons. The summed E-state index contributed by atoms with van der Waals surface area (Å²) in [6.45, 7) is 2.33. The maximum absolute atomic E-state index is 13.9. The van der Waals surface area contributed by atoms with E-state index in [0.29, 0.717) is 23.4 Å². The zero-order valence-electron chi connectivity index (χ0n) is 22.2. The highest BCUT2D eigenvalue weighted by molar-refractivity contribution is 6.34. The molecule has 1 aliphatic heterocycles. The quantitative estimate of drug-likeness (QED) is 0.358. The van der Waals surface area contributed by atoms with Crippen LogP contribution in [-0.4, -0.2) is 66.1 Å². The number of anilines is 1. The Kier molecular flexibility index (Phi) is 10.2. The van der Waals surface area contributed by atoms with Gasteiger partial charge in [0.15, 0.2) is 0 Å². The lowest BCUT2D eigenvalue weighted by atomic mass is 9.87. The molecule has 0 spiro atoms. The molecule has 0 unspecified atom stereocenters. The van der Waals surface area contributed by atoms with E-state index in [0.717, 1.165) is 42.0 Å². The van der Waals surface area contributed by atoms with Gasteiger partial charge in [0, 0.05) is 49.5 Å². The Morgan fingerprint density at radius 1 is 1.13 bits per heavy atom. The number of hydrogen-bond donors (Lipinski definition) is 2. The normalized spacial score (nSPS) is 16.9. The largest absolute Gasteiger partial charge is 0.430 e. The van der Waals surface area contributed by atoms with Crippen LogP contribution in [0.15, 0.2) is 42.5 Å². The molecule has 2 atom stereocenters. The molecule has 2 amide bonds. The van der Waals surface area contributed by atoms with Gasteiger partial charge in [-0.15, -0.1) is 0 Å². The van der Waals surface area contributed by atoms with Crippen molar-refractivity contribution >= 4 is 40.7 Å². The summed E-state index contributed by atoms with van der Waals surface area (Å²) in [6.07, 6.45) is -1.43. The molecule has 6 nitrogen and oxygen atoms in total. The number of hydrogen-bond acceptors (Lipinski definition) is 4. The first-order valence-electron chi connectivity index (χ1n) is 12.9. The Bertz CT molecular complexity index is 1170. The lowest BCUT2D eigenvalue weighted by Gasteiger charge is -2.38. The van der Waals surface area contributed by atoms with Crippen molar-refractivity contribution in [3.63, 3.8) is 0 Å². The minimum Gasteiger partial charge on any atom is -0.383 e. The summed E-state index contributed by atoms with van der Waals surface area (Å²) in [7, 11) is 3.33. The van der Waals surface area contributed by atoms with Crippen LogP contribution in [0.4, 0.5) is 18.9 Å². The monoisotopic (exact) mass is 587 g/mol. The van der Waals surface area contributed by atoms with Crippen LogP contribution in [0, 0.1) is 5.92 Å². The Morgan fingerprint density at radius 3 is 2.36 bits per heavy atom. The van der Waals surface area contributed by atoms with Crippen LogP contribution in [0.2, 0.25) is 10.0 Å². The van der Waals surface area contributed by atoms with E-state index in [9.17, 15) is 27.9 Å². The molecule has 1 aliphatic rings. The average Bonchev–Trinajstić information content (AvgIpc) is 2.87. The third kappa shape index (κ3) is 7.38. The fourth-order valence-electron chi connectivity index (χ4n) is 4.86. The molecule has 1 heterocycles. The fraction of sp³-hybridized carbons (Fsp3) is 0.500. The number of carbonyl (C=O) groups excluding carboxylic acids is 2. The molecule has 0 aliphatic carbocycles. The molecular formula is C28H34Cl2F3N3O3. The van der Waals surface area contributed by atoms with Gasteiger partial charge in [-0.05, 0) is 62.4 Å². The van der Waals surface area contributed by atoms with Crippen LogP contribution in [-0.2, 0) is 10.4 Å². The van der Waals surface area contributed by atoms with Gasteiger partial charge in [-0.2, -0.15) is 13.2 Å². The van der Waals surface area contributed by atoms with E-state index in [1.165, 1.54) is 17.0 Å². The Morgan fingerprint density at radius 2 is 1.79 bits per heavy atom. The number of likely N-dealkylation sites (tertiary alicyclic amines) is 1. The molecule has 0 saturated carbocycles. The van der Waals surface area contributed by atoms with Crippen LogP contribution in [0.1, 0.15) is 54.9 Å². The summed E-state index contributed by atoms with van der Waals surface area (Å²) in [6, 6.07) is 10.1. The zero-order valence-corrected chi connectivity index (χ0v) is 23.7. The molecular weight excluding hydrogens is 554 g/mol. The Hall–Kier alpha value is -2.49. The maximum Gasteiger partial charge on any atom is 0.430 e. The first-order chi connectivity index (χ1) is 18.2. The highest BCUT2D eigenvalue weighted by Gasteiger charge is 2.62. The second-order valence-corrected chi connectivity index (χ2v) is 11.2. The van der Waals surface area contributed by atoms with Gasteiger partial charge in [0.1, 0.15) is 0 Å². The Labute approximate surface area is 237 Å². The number of alkyl halides is 3. The minimum atomic E-state index is -5.19. The van der Waals surface area contributed by atoms with Gasteiger partial charge >= 0.3 is 6.18 Å². The van der Waals surface area contributed by atoms with E-state index >= 15 is 0 Å². The first-order valence-corrected chi connectivity index (χ1v) is 13.6. The third-order valence-corrected chi connectivity index (χ3v) is 7.68. The molecule has 11 heteroatoms. The van der Waals surface area contributed by atoms with E-state index in [2.05, 4.69) is 5.32 Å². The number of carbonyl (C=O) groups is 2. The van der Waals surface area contributed by atoms with Crippen molar-refractivity contribution in [3.05, 3.63) is 63.6 Å². The number of nitrogens with one attached hydrogen (secondary N) is 1. The predicted octanol–water partition coefficient (Wildman–Crippen LogP) is 6.35. The van der Waals surface area contributed by atoms with Crippen LogP contribution >= 0.6 is 23.2 Å². The highest BCUT2D eigenvalue weighted by atomic mass is 35.5. The van der Waals surface area contributed by atoms with Gasteiger partial charge in [0.25, 0.3) is 17.4 Å². The lowest BCUT2D eigenvalue weighted by Crippen LogP contribution is -2.57. The van der Waals surface area contributed by atoms with Crippen molar-refractivity contribution in [1.29, 1.82) is 0 Å². The van der Waals surface area contributed by atoms with Gasteiger partial charge in [-0.1, -0.05) is 48.2 Å². The first kappa shape index (κ1) is 31.0. The molecule has 1 saturated heterocycles. The summed E-state index contributed by atoms with van der Waals surface area (Å²) in [5, 5.41) is 14.4. The molecule has 0 bridgehead atoms. The smallest absolute Gasteiger partial charge is 0.383 e. The molecule has 3 rings (SSSR count). The number of benzene rings is 2. The number of amides is 2. The van der Waals surface area contributed by atoms with E-state index in [1.807, 2.05) is 13.0 Å². The topological polar surface area (TPSA) is 72.9 Å². The maximum atomic E-state index is 13.9. The number of aliphatic hydroxyl groups is 1. The number of piperidine rings is 1. The number of rotatable bonds is 9. The van der Waals surface area contributed by atoms with Crippen molar-refractivity contribution < 1.29 is 27.9 Å².